The maximum atomic E-state index is 12.5. The first kappa shape index (κ1) is 14.1. The summed E-state index contributed by atoms with van der Waals surface area (Å²) in [6.45, 7) is 0. The molecule has 0 atom stereocenters. The van der Waals surface area contributed by atoms with Crippen molar-refractivity contribution >= 4 is 21.6 Å². The summed E-state index contributed by atoms with van der Waals surface area (Å²) in [5, 5.41) is 4.09. The number of fused-ring (bicyclic) bond motifs is 2. The Bertz CT molecular complexity index is 947. The number of hydrogen-bond acceptors (Lipinski definition) is 5. The number of hydrogen-bond donors (Lipinski definition) is 1. The van der Waals surface area contributed by atoms with E-state index < -0.39 is 10.0 Å². The average molecular weight is 329 g/mol. The molecule has 7 nitrogen and oxygen atoms in total. The Balaban J connectivity index is 1.67. The molecule has 0 unspecified atom stereocenters. The van der Waals surface area contributed by atoms with Crippen molar-refractivity contribution in [1.29, 1.82) is 0 Å². The van der Waals surface area contributed by atoms with Crippen LogP contribution in [0.4, 0.5) is 5.95 Å². The number of sulfonamides is 1. The van der Waals surface area contributed by atoms with Crippen LogP contribution in [0.25, 0.3) is 5.65 Å². The number of aryl methyl sites for hydroxylation is 2. The molecular formula is C15H15N5O2S. The predicted molar refractivity (Wildman–Crippen MR) is 84.7 cm³/mol. The summed E-state index contributed by atoms with van der Waals surface area (Å²) in [7, 11) is -3.70. The third-order valence-electron chi connectivity index (χ3n) is 4.00. The van der Waals surface area contributed by atoms with Crippen LogP contribution in [0.3, 0.4) is 0 Å². The van der Waals surface area contributed by atoms with Gasteiger partial charge >= 0.3 is 0 Å². The summed E-state index contributed by atoms with van der Waals surface area (Å²) < 4.78 is 29.0. The molecule has 2 heterocycles. The standard InChI is InChI=1S/C15H15N5O2S/c21-23(22,13-6-5-11-3-1-2-4-12(11)9-13)19-15-17-14-10-16-7-8-20(14)18-15/h5-10H,1-4H2,(H,18,19). The van der Waals surface area contributed by atoms with Crippen LogP contribution >= 0.6 is 0 Å². The van der Waals surface area contributed by atoms with Crippen LogP contribution in [0.15, 0.2) is 41.7 Å². The maximum absolute atomic E-state index is 12.5. The van der Waals surface area contributed by atoms with Crippen molar-refractivity contribution in [2.45, 2.75) is 30.6 Å². The monoisotopic (exact) mass is 329 g/mol. The normalized spacial score (nSPS) is 14.6. The summed E-state index contributed by atoms with van der Waals surface area (Å²) in [6, 6.07) is 5.31. The number of rotatable bonds is 3. The maximum Gasteiger partial charge on any atom is 0.264 e. The molecule has 8 heteroatoms. The van der Waals surface area contributed by atoms with Gasteiger partial charge < -0.3 is 0 Å². The zero-order valence-corrected chi connectivity index (χ0v) is 13.1. The van der Waals surface area contributed by atoms with Crippen molar-refractivity contribution in [2.75, 3.05) is 4.72 Å². The van der Waals surface area contributed by atoms with Gasteiger partial charge in [-0.05, 0) is 48.9 Å². The minimum atomic E-state index is -3.70. The highest BCUT2D eigenvalue weighted by molar-refractivity contribution is 7.92. The van der Waals surface area contributed by atoms with Crippen molar-refractivity contribution in [1.82, 2.24) is 19.6 Å². The lowest BCUT2D eigenvalue weighted by atomic mass is 9.92. The van der Waals surface area contributed by atoms with Gasteiger partial charge in [-0.2, -0.15) is 4.98 Å². The second-order valence-corrected chi connectivity index (χ2v) is 7.24. The van der Waals surface area contributed by atoms with Crippen LogP contribution in [-0.4, -0.2) is 28.0 Å². The minimum Gasteiger partial charge on any atom is -0.259 e. The number of benzene rings is 1. The number of nitrogens with one attached hydrogen (secondary N) is 1. The van der Waals surface area contributed by atoms with Gasteiger partial charge in [0, 0.05) is 12.4 Å². The second-order valence-electron chi connectivity index (χ2n) is 5.56. The highest BCUT2D eigenvalue weighted by Crippen LogP contribution is 2.24. The van der Waals surface area contributed by atoms with E-state index in [1.54, 1.807) is 24.5 Å². The van der Waals surface area contributed by atoms with Gasteiger partial charge in [0.25, 0.3) is 16.0 Å². The highest BCUT2D eigenvalue weighted by Gasteiger charge is 2.19. The van der Waals surface area contributed by atoms with Crippen LogP contribution < -0.4 is 4.72 Å². The van der Waals surface area contributed by atoms with Gasteiger partial charge in [-0.1, -0.05) is 6.07 Å². The van der Waals surface area contributed by atoms with Crippen molar-refractivity contribution in [2.24, 2.45) is 0 Å². The molecule has 0 amide bonds. The topological polar surface area (TPSA) is 89.2 Å². The summed E-state index contributed by atoms with van der Waals surface area (Å²) in [5.74, 6) is 0.0377. The second kappa shape index (κ2) is 5.31. The van der Waals surface area contributed by atoms with Gasteiger partial charge in [0.2, 0.25) is 0 Å². The Morgan fingerprint density at radius 3 is 2.78 bits per heavy atom. The fourth-order valence-corrected chi connectivity index (χ4v) is 3.83. The third-order valence-corrected chi connectivity index (χ3v) is 5.32. The zero-order chi connectivity index (χ0) is 15.9. The van der Waals surface area contributed by atoms with E-state index in [1.165, 1.54) is 16.3 Å². The van der Waals surface area contributed by atoms with E-state index in [4.69, 9.17) is 0 Å². The van der Waals surface area contributed by atoms with E-state index in [9.17, 15) is 8.42 Å². The Morgan fingerprint density at radius 1 is 1.13 bits per heavy atom. The van der Waals surface area contributed by atoms with E-state index in [1.807, 2.05) is 6.07 Å². The molecule has 118 valence electrons. The van der Waals surface area contributed by atoms with Crippen LogP contribution in [0, 0.1) is 0 Å². The first-order chi connectivity index (χ1) is 11.1. The molecule has 0 spiro atoms. The fraction of sp³-hybridized carbons (Fsp3) is 0.267. The lowest BCUT2D eigenvalue weighted by Crippen LogP contribution is -2.15. The van der Waals surface area contributed by atoms with Crippen LogP contribution in [0.1, 0.15) is 24.0 Å². The largest absolute Gasteiger partial charge is 0.264 e. The van der Waals surface area contributed by atoms with Gasteiger partial charge in [-0.3, -0.25) is 4.98 Å². The van der Waals surface area contributed by atoms with Crippen molar-refractivity contribution in [3.63, 3.8) is 0 Å². The lowest BCUT2D eigenvalue weighted by Gasteiger charge is -2.16. The molecule has 0 saturated carbocycles. The van der Waals surface area contributed by atoms with Gasteiger partial charge in [0.05, 0.1) is 11.1 Å². The molecule has 0 fully saturated rings. The van der Waals surface area contributed by atoms with E-state index in [2.05, 4.69) is 19.8 Å². The SMILES string of the molecule is O=S(=O)(Nc1nc2cnccn2n1)c1ccc2c(c1)CCCC2. The van der Waals surface area contributed by atoms with Crippen molar-refractivity contribution in [3.8, 4) is 0 Å². The lowest BCUT2D eigenvalue weighted by molar-refractivity contribution is 0.600. The molecule has 1 aromatic carbocycles. The third kappa shape index (κ3) is 2.65. The van der Waals surface area contributed by atoms with Crippen molar-refractivity contribution < 1.29 is 8.42 Å². The van der Waals surface area contributed by atoms with Crippen molar-refractivity contribution in [3.05, 3.63) is 47.9 Å². The molecular weight excluding hydrogens is 314 g/mol. The van der Waals surface area contributed by atoms with E-state index in [0.717, 1.165) is 31.2 Å². The molecule has 0 radical (unpaired) electrons. The summed E-state index contributed by atoms with van der Waals surface area (Å²) in [5.41, 5.74) is 2.84. The first-order valence-corrected chi connectivity index (χ1v) is 8.91. The Kier molecular flexibility index (Phi) is 3.26. The number of aromatic nitrogens is 4. The predicted octanol–water partition coefficient (Wildman–Crippen LogP) is 1.80. The molecule has 1 N–H and O–H groups in total. The van der Waals surface area contributed by atoms with Gasteiger partial charge in [0.1, 0.15) is 0 Å². The van der Waals surface area contributed by atoms with E-state index in [-0.39, 0.29) is 10.8 Å². The highest BCUT2D eigenvalue weighted by atomic mass is 32.2. The van der Waals surface area contributed by atoms with E-state index >= 15 is 0 Å². The van der Waals surface area contributed by atoms with Gasteiger partial charge in [0.15, 0.2) is 5.65 Å². The number of nitrogens with zero attached hydrogens (tertiary/aromatic N) is 4. The Morgan fingerprint density at radius 2 is 1.96 bits per heavy atom. The van der Waals surface area contributed by atoms with Crippen LogP contribution in [0.5, 0.6) is 0 Å². The fourth-order valence-electron chi connectivity index (χ4n) is 2.84. The first-order valence-electron chi connectivity index (χ1n) is 7.43. The van der Waals surface area contributed by atoms with Gasteiger partial charge in [-0.25, -0.2) is 17.7 Å². The Hall–Kier alpha value is -2.48. The minimum absolute atomic E-state index is 0.0377. The van der Waals surface area contributed by atoms with Crippen LogP contribution in [-0.2, 0) is 22.9 Å². The molecule has 3 aromatic rings. The quantitative estimate of drug-likeness (QED) is 0.791. The molecule has 0 bridgehead atoms. The molecule has 23 heavy (non-hydrogen) atoms. The van der Waals surface area contributed by atoms with E-state index in [0.29, 0.717) is 5.65 Å². The smallest absolute Gasteiger partial charge is 0.259 e. The molecule has 2 aromatic heterocycles. The zero-order valence-electron chi connectivity index (χ0n) is 12.3. The summed E-state index contributed by atoms with van der Waals surface area (Å²) in [6.07, 6.45) is 8.90. The van der Waals surface area contributed by atoms with Gasteiger partial charge in [-0.15, -0.1) is 5.10 Å². The molecule has 0 aliphatic heterocycles. The van der Waals surface area contributed by atoms with Crippen LogP contribution in [0.2, 0.25) is 0 Å². The molecule has 0 saturated heterocycles. The average Bonchev–Trinajstić information content (AvgIpc) is 2.95. The molecule has 1 aliphatic carbocycles. The Labute approximate surface area is 133 Å². The summed E-state index contributed by atoms with van der Waals surface area (Å²) in [4.78, 5) is 8.28. The number of anilines is 1. The summed E-state index contributed by atoms with van der Waals surface area (Å²) >= 11 is 0. The molecule has 4 rings (SSSR count). The molecule has 1 aliphatic rings.